The molecule has 0 spiro atoms. The molecule has 11 nitrogen and oxygen atoms in total. The maximum atomic E-state index is 12.3. The first kappa shape index (κ1) is 21.8. The van der Waals surface area contributed by atoms with Crippen LogP contribution in [0.4, 0.5) is 21.6 Å². The van der Waals surface area contributed by atoms with Crippen LogP contribution in [0.2, 0.25) is 0 Å². The van der Waals surface area contributed by atoms with Gasteiger partial charge >= 0.3 is 6.03 Å². The summed E-state index contributed by atoms with van der Waals surface area (Å²) in [6.45, 7) is 0. The molecule has 3 amide bonds. The Hall–Kier alpha value is -4.71. The van der Waals surface area contributed by atoms with Crippen molar-refractivity contribution in [1.29, 1.82) is 0 Å². The second kappa shape index (κ2) is 9.15. The number of fused-ring (bicyclic) bond motifs is 1. The lowest BCUT2D eigenvalue weighted by atomic mass is 10.3. The average molecular weight is 502 g/mol. The van der Waals surface area contributed by atoms with Crippen molar-refractivity contribution in [2.75, 3.05) is 16.0 Å². The molecule has 0 aliphatic heterocycles. The number of anilines is 3. The van der Waals surface area contributed by atoms with Gasteiger partial charge in [-0.25, -0.2) is 9.78 Å². The molecule has 1 saturated carbocycles. The Labute approximate surface area is 207 Å². The van der Waals surface area contributed by atoms with Gasteiger partial charge in [0.2, 0.25) is 11.1 Å². The van der Waals surface area contributed by atoms with Gasteiger partial charge in [-0.05, 0) is 61.4 Å². The lowest BCUT2D eigenvalue weighted by Gasteiger charge is -2.08. The maximum Gasteiger partial charge on any atom is 0.325 e. The number of hydrogen-bond donors (Lipinski definition) is 4. The minimum atomic E-state index is -0.399. The number of aromatic amines is 1. The lowest BCUT2D eigenvalue weighted by molar-refractivity contribution is 0.0996. The van der Waals surface area contributed by atoms with Crippen LogP contribution in [0.15, 0.2) is 65.3 Å². The van der Waals surface area contributed by atoms with Gasteiger partial charge in [0, 0.05) is 17.7 Å². The molecule has 3 aromatic heterocycles. The summed E-state index contributed by atoms with van der Waals surface area (Å²) in [5, 5.41) is 17.7. The highest BCUT2D eigenvalue weighted by Gasteiger charge is 2.27. The van der Waals surface area contributed by atoms with Crippen LogP contribution in [0.25, 0.3) is 11.0 Å². The highest BCUT2D eigenvalue weighted by Crippen LogP contribution is 2.42. The number of benzene rings is 2. The molecule has 5 aromatic rings. The van der Waals surface area contributed by atoms with Gasteiger partial charge in [0.15, 0.2) is 5.76 Å². The quantitative estimate of drug-likeness (QED) is 0.228. The van der Waals surface area contributed by atoms with Crippen LogP contribution in [0.5, 0.6) is 11.5 Å². The summed E-state index contributed by atoms with van der Waals surface area (Å²) in [6, 6.07) is 15.1. The third-order valence-electron chi connectivity index (χ3n) is 5.37. The molecule has 3 heterocycles. The van der Waals surface area contributed by atoms with Crippen molar-refractivity contribution in [3.05, 3.63) is 71.6 Å². The van der Waals surface area contributed by atoms with E-state index in [4.69, 9.17) is 9.15 Å². The van der Waals surface area contributed by atoms with Gasteiger partial charge in [-0.1, -0.05) is 11.3 Å². The zero-order chi connectivity index (χ0) is 24.5. The topological polar surface area (TPSA) is 147 Å². The molecule has 1 fully saturated rings. The fourth-order valence-electron chi connectivity index (χ4n) is 3.47. The van der Waals surface area contributed by atoms with Crippen LogP contribution in [0.1, 0.15) is 34.3 Å². The second-order valence-electron chi connectivity index (χ2n) is 8.12. The van der Waals surface area contributed by atoms with E-state index in [1.165, 1.54) is 17.6 Å². The predicted molar refractivity (Wildman–Crippen MR) is 134 cm³/mol. The van der Waals surface area contributed by atoms with Crippen molar-refractivity contribution < 1.29 is 18.7 Å². The molecule has 4 N–H and O–H groups in total. The van der Waals surface area contributed by atoms with Gasteiger partial charge < -0.3 is 19.5 Å². The number of H-pyrrole nitrogens is 1. The molecule has 0 saturated heterocycles. The van der Waals surface area contributed by atoms with Crippen LogP contribution in [0, 0.1) is 0 Å². The Balaban J connectivity index is 1.06. The standard InChI is InChI=1S/C24H19N7O4S/c32-20(19-2-1-11-34-19)28-22-26-17-10-9-16(12-18(17)27-22)35-15-7-5-14(6-8-15)25-23(33)29-24-31-30-21(36-24)13-3-4-13/h1-2,5-13H,3-4H2,(H2,25,29,31,33)(H2,26,27,28,32). The number of imidazole rings is 1. The van der Waals surface area contributed by atoms with E-state index in [1.54, 1.807) is 54.6 Å². The molecule has 180 valence electrons. The number of ether oxygens (including phenoxy) is 1. The van der Waals surface area contributed by atoms with Gasteiger partial charge in [-0.15, -0.1) is 10.2 Å². The van der Waals surface area contributed by atoms with Gasteiger partial charge in [-0.2, -0.15) is 0 Å². The summed E-state index contributed by atoms with van der Waals surface area (Å²) >= 11 is 1.40. The summed E-state index contributed by atoms with van der Waals surface area (Å²) in [7, 11) is 0. The van der Waals surface area contributed by atoms with E-state index in [0.29, 0.717) is 45.2 Å². The number of urea groups is 1. The fourth-order valence-corrected chi connectivity index (χ4v) is 4.38. The van der Waals surface area contributed by atoms with E-state index in [2.05, 4.69) is 36.1 Å². The van der Waals surface area contributed by atoms with Crippen LogP contribution in [-0.4, -0.2) is 32.1 Å². The fraction of sp³-hybridized carbons (Fsp3) is 0.125. The second-order valence-corrected chi connectivity index (χ2v) is 9.13. The number of nitrogens with one attached hydrogen (secondary N) is 4. The molecule has 1 aliphatic carbocycles. The molecule has 0 radical (unpaired) electrons. The molecule has 0 bridgehead atoms. The number of aromatic nitrogens is 4. The molecular weight excluding hydrogens is 482 g/mol. The normalized spacial score (nSPS) is 12.9. The molecule has 12 heteroatoms. The molecule has 6 rings (SSSR count). The smallest absolute Gasteiger partial charge is 0.325 e. The van der Waals surface area contributed by atoms with E-state index in [-0.39, 0.29) is 11.8 Å². The van der Waals surface area contributed by atoms with Gasteiger partial charge in [0.1, 0.15) is 16.5 Å². The molecule has 0 unspecified atom stereocenters. The zero-order valence-corrected chi connectivity index (χ0v) is 19.5. The number of hydrogen-bond acceptors (Lipinski definition) is 8. The average Bonchev–Trinajstić information content (AvgIpc) is 3.23. The van der Waals surface area contributed by atoms with Crippen molar-refractivity contribution in [2.24, 2.45) is 0 Å². The largest absolute Gasteiger partial charge is 0.459 e. The molecule has 0 atom stereocenters. The predicted octanol–water partition coefficient (Wildman–Crippen LogP) is 5.57. The third kappa shape index (κ3) is 4.88. The number of carbonyl (C=O) groups is 2. The molecule has 1 aliphatic rings. The summed E-state index contributed by atoms with van der Waals surface area (Å²) < 4.78 is 11.0. The Morgan fingerprint density at radius 1 is 1.00 bits per heavy atom. The van der Waals surface area contributed by atoms with Crippen molar-refractivity contribution in [1.82, 2.24) is 20.2 Å². The van der Waals surface area contributed by atoms with Crippen molar-refractivity contribution in [2.45, 2.75) is 18.8 Å². The van der Waals surface area contributed by atoms with E-state index >= 15 is 0 Å². The lowest BCUT2D eigenvalue weighted by Crippen LogP contribution is -2.19. The van der Waals surface area contributed by atoms with Crippen LogP contribution in [0.3, 0.4) is 0 Å². The monoisotopic (exact) mass is 501 g/mol. The van der Waals surface area contributed by atoms with Crippen LogP contribution < -0.4 is 20.7 Å². The number of furan rings is 1. The Kier molecular flexibility index (Phi) is 5.54. The van der Waals surface area contributed by atoms with E-state index in [0.717, 1.165) is 17.8 Å². The minimum Gasteiger partial charge on any atom is -0.459 e. The Morgan fingerprint density at radius 3 is 2.61 bits per heavy atom. The van der Waals surface area contributed by atoms with Crippen molar-refractivity contribution >= 4 is 51.1 Å². The van der Waals surface area contributed by atoms with Gasteiger partial charge in [0.25, 0.3) is 5.91 Å². The number of amides is 3. The molecule has 2 aromatic carbocycles. The van der Waals surface area contributed by atoms with Crippen LogP contribution >= 0.6 is 11.3 Å². The summed E-state index contributed by atoms with van der Waals surface area (Å²) in [5.41, 5.74) is 1.97. The molecule has 36 heavy (non-hydrogen) atoms. The summed E-state index contributed by atoms with van der Waals surface area (Å²) in [5.74, 6) is 1.76. The maximum absolute atomic E-state index is 12.3. The number of rotatable bonds is 7. The summed E-state index contributed by atoms with van der Waals surface area (Å²) in [6.07, 6.45) is 3.70. The van der Waals surface area contributed by atoms with E-state index in [9.17, 15) is 9.59 Å². The number of nitrogens with zero attached hydrogens (tertiary/aromatic N) is 3. The first-order valence-corrected chi connectivity index (χ1v) is 11.9. The first-order valence-electron chi connectivity index (χ1n) is 11.1. The Bertz CT molecular complexity index is 1540. The zero-order valence-electron chi connectivity index (χ0n) is 18.6. The highest BCUT2D eigenvalue weighted by atomic mass is 32.1. The first-order chi connectivity index (χ1) is 17.6. The minimum absolute atomic E-state index is 0.192. The van der Waals surface area contributed by atoms with Gasteiger partial charge in [-0.3, -0.25) is 15.4 Å². The third-order valence-corrected chi connectivity index (χ3v) is 6.37. The van der Waals surface area contributed by atoms with E-state index < -0.39 is 5.91 Å². The van der Waals surface area contributed by atoms with Crippen molar-refractivity contribution in [3.8, 4) is 11.5 Å². The summed E-state index contributed by atoms with van der Waals surface area (Å²) in [4.78, 5) is 31.8. The SMILES string of the molecule is O=C(Nc1ccc(Oc2ccc3nc(NC(=O)c4ccco4)[nH]c3c2)cc1)Nc1nnc(C2CC2)s1. The van der Waals surface area contributed by atoms with Crippen molar-refractivity contribution in [3.63, 3.8) is 0 Å². The Morgan fingerprint density at radius 2 is 1.83 bits per heavy atom. The van der Waals surface area contributed by atoms with Crippen LogP contribution in [-0.2, 0) is 0 Å². The number of carbonyl (C=O) groups excluding carboxylic acids is 2. The van der Waals surface area contributed by atoms with Gasteiger partial charge in [0.05, 0.1) is 17.3 Å². The highest BCUT2D eigenvalue weighted by molar-refractivity contribution is 7.15. The molecular formula is C24H19N7O4S. The van der Waals surface area contributed by atoms with E-state index in [1.807, 2.05) is 0 Å².